The summed E-state index contributed by atoms with van der Waals surface area (Å²) < 4.78 is 5.21. The standard InChI is InChI=1S/C17H27N3O/c1-21-16-7-5-14(6-8-16)17(18)13-19-9-3-11-20-10-2-4-15(20)12-19/h5-8,15,17H,2-4,9-13,18H2,1H3. The Bertz CT molecular complexity index is 448. The van der Waals surface area contributed by atoms with Gasteiger partial charge in [-0.05, 0) is 56.6 Å². The van der Waals surface area contributed by atoms with E-state index in [4.69, 9.17) is 10.5 Å². The van der Waals surface area contributed by atoms with Crippen LogP contribution in [0, 0.1) is 0 Å². The van der Waals surface area contributed by atoms with Gasteiger partial charge in [-0.25, -0.2) is 0 Å². The summed E-state index contributed by atoms with van der Waals surface area (Å²) in [6.07, 6.45) is 3.99. The van der Waals surface area contributed by atoms with Crippen molar-refractivity contribution in [2.45, 2.75) is 31.3 Å². The lowest BCUT2D eigenvalue weighted by Gasteiger charge is -2.27. The molecule has 1 aromatic rings. The number of benzene rings is 1. The van der Waals surface area contributed by atoms with E-state index >= 15 is 0 Å². The van der Waals surface area contributed by atoms with E-state index in [0.29, 0.717) is 0 Å². The number of hydrogen-bond acceptors (Lipinski definition) is 4. The molecule has 0 aliphatic carbocycles. The summed E-state index contributed by atoms with van der Waals surface area (Å²) >= 11 is 0. The summed E-state index contributed by atoms with van der Waals surface area (Å²) in [6.45, 7) is 5.87. The van der Waals surface area contributed by atoms with E-state index in [2.05, 4.69) is 21.9 Å². The molecule has 3 rings (SSSR count). The molecule has 2 aliphatic rings. The number of ether oxygens (including phenoxy) is 1. The number of nitrogens with zero attached hydrogens (tertiary/aromatic N) is 2. The van der Waals surface area contributed by atoms with Gasteiger partial charge in [-0.15, -0.1) is 0 Å². The van der Waals surface area contributed by atoms with Crippen molar-refractivity contribution < 1.29 is 4.74 Å². The fourth-order valence-electron chi connectivity index (χ4n) is 3.68. The minimum Gasteiger partial charge on any atom is -0.497 e. The molecule has 4 nitrogen and oxygen atoms in total. The van der Waals surface area contributed by atoms with E-state index in [1.54, 1.807) is 7.11 Å². The third kappa shape index (κ3) is 3.57. The first kappa shape index (κ1) is 14.8. The quantitative estimate of drug-likeness (QED) is 0.919. The summed E-state index contributed by atoms with van der Waals surface area (Å²) in [7, 11) is 1.69. The lowest BCUT2D eigenvalue weighted by atomic mass is 10.1. The van der Waals surface area contributed by atoms with Crippen LogP contribution >= 0.6 is 0 Å². The van der Waals surface area contributed by atoms with Crippen molar-refractivity contribution in [2.24, 2.45) is 5.73 Å². The van der Waals surface area contributed by atoms with Crippen LogP contribution in [0.5, 0.6) is 5.75 Å². The van der Waals surface area contributed by atoms with Gasteiger partial charge in [0.25, 0.3) is 0 Å². The van der Waals surface area contributed by atoms with Gasteiger partial charge in [0.05, 0.1) is 7.11 Å². The zero-order chi connectivity index (χ0) is 14.7. The Morgan fingerprint density at radius 3 is 2.71 bits per heavy atom. The predicted molar refractivity (Wildman–Crippen MR) is 85.6 cm³/mol. The van der Waals surface area contributed by atoms with Crippen molar-refractivity contribution >= 4 is 0 Å². The Labute approximate surface area is 127 Å². The SMILES string of the molecule is COc1ccc(C(N)CN2CCCN3CCCC3C2)cc1. The maximum absolute atomic E-state index is 6.41. The van der Waals surface area contributed by atoms with Crippen LogP contribution in [0.3, 0.4) is 0 Å². The lowest BCUT2D eigenvalue weighted by Crippen LogP contribution is -2.39. The van der Waals surface area contributed by atoms with Crippen molar-refractivity contribution in [1.29, 1.82) is 0 Å². The molecular formula is C17H27N3O. The van der Waals surface area contributed by atoms with Crippen LogP contribution in [0.4, 0.5) is 0 Å². The molecule has 4 heteroatoms. The fraction of sp³-hybridized carbons (Fsp3) is 0.647. The van der Waals surface area contributed by atoms with Gasteiger partial charge in [0.1, 0.15) is 5.75 Å². The molecule has 116 valence electrons. The second-order valence-electron chi connectivity index (χ2n) is 6.32. The lowest BCUT2D eigenvalue weighted by molar-refractivity contribution is 0.213. The average Bonchev–Trinajstić information content (AvgIpc) is 2.86. The Morgan fingerprint density at radius 1 is 1.19 bits per heavy atom. The molecule has 0 saturated carbocycles. The zero-order valence-electron chi connectivity index (χ0n) is 13.0. The summed E-state index contributed by atoms with van der Waals surface area (Å²) in [5, 5.41) is 0. The average molecular weight is 289 g/mol. The molecule has 0 radical (unpaired) electrons. The van der Waals surface area contributed by atoms with Gasteiger partial charge in [0.15, 0.2) is 0 Å². The minimum absolute atomic E-state index is 0.0869. The molecule has 2 atom stereocenters. The van der Waals surface area contributed by atoms with Gasteiger partial charge < -0.3 is 10.5 Å². The van der Waals surface area contributed by atoms with Crippen molar-refractivity contribution in [2.75, 3.05) is 39.8 Å². The zero-order valence-corrected chi connectivity index (χ0v) is 13.0. The Balaban J connectivity index is 1.59. The van der Waals surface area contributed by atoms with Crippen LogP contribution in [-0.2, 0) is 0 Å². The van der Waals surface area contributed by atoms with E-state index in [1.165, 1.54) is 51.0 Å². The Morgan fingerprint density at radius 2 is 1.95 bits per heavy atom. The van der Waals surface area contributed by atoms with Gasteiger partial charge in [-0.2, -0.15) is 0 Å². The molecule has 0 spiro atoms. The highest BCUT2D eigenvalue weighted by atomic mass is 16.5. The predicted octanol–water partition coefficient (Wildman–Crippen LogP) is 1.87. The maximum atomic E-state index is 6.41. The second-order valence-corrected chi connectivity index (χ2v) is 6.32. The van der Waals surface area contributed by atoms with Gasteiger partial charge >= 0.3 is 0 Å². The number of hydrogen-bond donors (Lipinski definition) is 1. The highest BCUT2D eigenvalue weighted by Crippen LogP contribution is 2.23. The molecule has 2 unspecified atom stereocenters. The monoisotopic (exact) mass is 289 g/mol. The molecule has 2 heterocycles. The largest absolute Gasteiger partial charge is 0.497 e. The third-order valence-electron chi connectivity index (χ3n) is 4.89. The van der Waals surface area contributed by atoms with Crippen molar-refractivity contribution in [1.82, 2.24) is 9.80 Å². The van der Waals surface area contributed by atoms with Crippen LogP contribution in [0.2, 0.25) is 0 Å². The molecule has 2 saturated heterocycles. The number of nitrogens with two attached hydrogens (primary N) is 1. The Kier molecular flexibility index (Phi) is 4.78. The summed E-state index contributed by atoms with van der Waals surface area (Å²) in [4.78, 5) is 5.23. The first-order valence-electron chi connectivity index (χ1n) is 8.12. The molecule has 2 aliphatic heterocycles. The highest BCUT2D eigenvalue weighted by molar-refractivity contribution is 5.29. The molecule has 0 aromatic heterocycles. The van der Waals surface area contributed by atoms with Gasteiger partial charge in [-0.3, -0.25) is 9.80 Å². The summed E-state index contributed by atoms with van der Waals surface area (Å²) in [5.41, 5.74) is 7.61. The van der Waals surface area contributed by atoms with Crippen LogP contribution in [-0.4, -0.2) is 55.7 Å². The second kappa shape index (κ2) is 6.77. The van der Waals surface area contributed by atoms with Crippen molar-refractivity contribution in [3.05, 3.63) is 29.8 Å². The third-order valence-corrected chi connectivity index (χ3v) is 4.89. The van der Waals surface area contributed by atoms with Crippen LogP contribution in [0.1, 0.15) is 30.9 Å². The molecule has 2 N–H and O–H groups in total. The van der Waals surface area contributed by atoms with E-state index < -0.39 is 0 Å². The highest BCUT2D eigenvalue weighted by Gasteiger charge is 2.29. The van der Waals surface area contributed by atoms with Crippen LogP contribution in [0.25, 0.3) is 0 Å². The first-order valence-corrected chi connectivity index (χ1v) is 8.12. The number of rotatable bonds is 4. The topological polar surface area (TPSA) is 41.7 Å². The van der Waals surface area contributed by atoms with Gasteiger partial charge in [0.2, 0.25) is 0 Å². The van der Waals surface area contributed by atoms with Gasteiger partial charge in [0, 0.05) is 25.2 Å². The molecular weight excluding hydrogens is 262 g/mol. The van der Waals surface area contributed by atoms with Crippen molar-refractivity contribution in [3.63, 3.8) is 0 Å². The van der Waals surface area contributed by atoms with Crippen LogP contribution in [0.15, 0.2) is 24.3 Å². The van der Waals surface area contributed by atoms with Crippen molar-refractivity contribution in [3.8, 4) is 5.75 Å². The molecule has 0 bridgehead atoms. The summed E-state index contributed by atoms with van der Waals surface area (Å²) in [6, 6.07) is 9.01. The van der Waals surface area contributed by atoms with Gasteiger partial charge in [-0.1, -0.05) is 12.1 Å². The number of fused-ring (bicyclic) bond motifs is 1. The Hall–Kier alpha value is -1.10. The first-order chi connectivity index (χ1) is 10.3. The van der Waals surface area contributed by atoms with E-state index in [1.807, 2.05) is 12.1 Å². The number of methoxy groups -OCH3 is 1. The normalized spacial score (nSPS) is 25.3. The summed E-state index contributed by atoms with van der Waals surface area (Å²) in [5.74, 6) is 0.891. The molecule has 1 aromatic carbocycles. The molecule has 0 amide bonds. The van der Waals surface area contributed by atoms with E-state index in [9.17, 15) is 0 Å². The van der Waals surface area contributed by atoms with E-state index in [0.717, 1.165) is 18.3 Å². The molecule has 21 heavy (non-hydrogen) atoms. The smallest absolute Gasteiger partial charge is 0.118 e. The van der Waals surface area contributed by atoms with E-state index in [-0.39, 0.29) is 6.04 Å². The van der Waals surface area contributed by atoms with Crippen LogP contribution < -0.4 is 10.5 Å². The molecule has 2 fully saturated rings. The fourth-order valence-corrected chi connectivity index (χ4v) is 3.68. The minimum atomic E-state index is 0.0869. The maximum Gasteiger partial charge on any atom is 0.118 e.